The van der Waals surface area contributed by atoms with Gasteiger partial charge in [0.1, 0.15) is 0 Å². The van der Waals surface area contributed by atoms with Gasteiger partial charge in [-0.2, -0.15) is 0 Å². The van der Waals surface area contributed by atoms with E-state index in [1.807, 2.05) is 11.8 Å². The van der Waals surface area contributed by atoms with Gasteiger partial charge < -0.3 is 9.80 Å². The van der Waals surface area contributed by atoms with Crippen LogP contribution in [0.5, 0.6) is 0 Å². The van der Waals surface area contributed by atoms with Crippen LogP contribution in [0.25, 0.3) is 17.2 Å². The maximum Gasteiger partial charge on any atom is 0.0837 e. The van der Waals surface area contributed by atoms with Crippen LogP contribution in [0.1, 0.15) is 53.4 Å². The first-order valence-electron chi connectivity index (χ1n) is 20.4. The second kappa shape index (κ2) is 13.0. The molecule has 4 aliphatic carbocycles. The lowest BCUT2D eigenvalue weighted by atomic mass is 9.85. The van der Waals surface area contributed by atoms with Crippen molar-refractivity contribution < 1.29 is 0 Å². The Morgan fingerprint density at radius 2 is 1.61 bits per heavy atom. The Kier molecular flexibility index (Phi) is 7.59. The summed E-state index contributed by atoms with van der Waals surface area (Å²) in [5.74, 6) is 0.900. The van der Waals surface area contributed by atoms with Gasteiger partial charge in [-0.25, -0.2) is 0 Å². The van der Waals surface area contributed by atoms with Crippen molar-refractivity contribution in [2.45, 2.75) is 54.5 Å². The number of anilines is 4. The molecule has 0 bridgehead atoms. The fraction of sp³-hybridized carbons (Fsp3) is 0.154. The molecule has 4 unspecified atom stereocenters. The van der Waals surface area contributed by atoms with Crippen molar-refractivity contribution in [1.82, 2.24) is 0 Å². The summed E-state index contributed by atoms with van der Waals surface area (Å²) in [4.78, 5) is 8.24. The standard InChI is InChI=1S/C52H42N2SSi/c1-2-15-39-33(11-1)12-10-19-40(39)34-13-9-14-37(31-34)53(35-23-25-36(26-24-35)54-46-20-6-3-16-41(46)42-17-4-7-21-47(42)54)38-27-28-45-50(32-38)56-49-30-29-44-43-18-5-8-22-48(43)55-52(44)51(45)49/h2-10,12-28,30-31,38,41,44,46H,1,11,29,32,56H2. The van der Waals surface area contributed by atoms with Crippen LogP contribution in [0.15, 0.2) is 195 Å². The highest BCUT2D eigenvalue weighted by atomic mass is 32.2. The molecule has 0 fully saturated rings. The van der Waals surface area contributed by atoms with Crippen LogP contribution in [0.2, 0.25) is 0 Å². The molecule has 4 heteroatoms. The summed E-state index contributed by atoms with van der Waals surface area (Å²) in [5.41, 5.74) is 16.6. The summed E-state index contributed by atoms with van der Waals surface area (Å²) in [5, 5.41) is 3.41. The van der Waals surface area contributed by atoms with Crippen molar-refractivity contribution in [3.05, 3.63) is 213 Å². The third-order valence-corrected chi connectivity index (χ3v) is 16.6. The van der Waals surface area contributed by atoms with Gasteiger partial charge in [0.2, 0.25) is 0 Å². The third kappa shape index (κ3) is 5.09. The minimum atomic E-state index is -0.537. The number of hydrogen-bond acceptors (Lipinski definition) is 3. The number of hydrogen-bond donors (Lipinski definition) is 0. The first-order chi connectivity index (χ1) is 27.8. The highest BCUT2D eigenvalue weighted by molar-refractivity contribution is 8.03. The molecule has 0 amide bonds. The molecule has 0 saturated carbocycles. The van der Waals surface area contributed by atoms with Crippen molar-refractivity contribution in [1.29, 1.82) is 0 Å². The largest absolute Gasteiger partial charge is 0.334 e. The predicted octanol–water partition coefficient (Wildman–Crippen LogP) is 12.4. The molecule has 270 valence electrons. The van der Waals surface area contributed by atoms with Gasteiger partial charge in [-0.05, 0) is 119 Å². The molecule has 56 heavy (non-hydrogen) atoms. The van der Waals surface area contributed by atoms with Gasteiger partial charge in [0.05, 0.1) is 21.6 Å². The van der Waals surface area contributed by atoms with Gasteiger partial charge in [-0.15, -0.1) is 0 Å². The van der Waals surface area contributed by atoms with Crippen molar-refractivity contribution in [3.63, 3.8) is 0 Å². The van der Waals surface area contributed by atoms with Crippen molar-refractivity contribution in [2.75, 3.05) is 9.80 Å². The third-order valence-electron chi connectivity index (χ3n) is 13.2. The molecule has 0 spiro atoms. The van der Waals surface area contributed by atoms with E-state index in [1.54, 1.807) is 26.4 Å². The molecule has 3 heterocycles. The second-order valence-corrected chi connectivity index (χ2v) is 19.2. The first kappa shape index (κ1) is 32.7. The molecule has 3 aliphatic heterocycles. The van der Waals surface area contributed by atoms with Crippen LogP contribution in [0.4, 0.5) is 22.7 Å². The number of rotatable bonds is 5. The highest BCUT2D eigenvalue weighted by Crippen LogP contribution is 2.58. The summed E-state index contributed by atoms with van der Waals surface area (Å²) in [6, 6.07) is 44.2. The summed E-state index contributed by atoms with van der Waals surface area (Å²) in [6.45, 7) is 0. The minimum absolute atomic E-state index is 0.228. The molecule has 5 aromatic rings. The summed E-state index contributed by atoms with van der Waals surface area (Å²) in [7, 11) is -0.537. The van der Waals surface area contributed by atoms with E-state index in [2.05, 4.69) is 180 Å². The zero-order valence-electron chi connectivity index (χ0n) is 31.3. The van der Waals surface area contributed by atoms with Crippen LogP contribution >= 0.6 is 11.8 Å². The fourth-order valence-electron chi connectivity index (χ4n) is 10.7. The van der Waals surface area contributed by atoms with Gasteiger partial charge in [-0.1, -0.05) is 144 Å². The molecule has 0 N–H and O–H groups in total. The Morgan fingerprint density at radius 1 is 0.750 bits per heavy atom. The number of para-hydroxylation sites is 1. The maximum absolute atomic E-state index is 2.63. The highest BCUT2D eigenvalue weighted by Gasteiger charge is 2.40. The lowest BCUT2D eigenvalue weighted by Gasteiger charge is -2.35. The number of nitrogens with zero attached hydrogens (tertiary/aromatic N) is 2. The van der Waals surface area contributed by atoms with E-state index in [0.717, 1.165) is 25.7 Å². The topological polar surface area (TPSA) is 6.48 Å². The first-order valence-corrected chi connectivity index (χ1v) is 22.6. The maximum atomic E-state index is 2.63. The minimum Gasteiger partial charge on any atom is -0.334 e. The molecular formula is C52H42N2SSi. The SMILES string of the molecule is C1=CC2c3ccccc3N(c3ccc(N(c4cccc(-c5cccc6c5C=CCC6)c4)C4C=CC5=C(C4)[SiH2]C4=CCC6C(=C45)Sc4ccccc46)cc3)C2C=C1. The lowest BCUT2D eigenvalue weighted by molar-refractivity contribution is 0.744. The normalized spacial score (nSPS) is 23.7. The Labute approximate surface area is 336 Å². The van der Waals surface area contributed by atoms with E-state index in [9.17, 15) is 0 Å². The van der Waals surface area contributed by atoms with E-state index in [1.165, 1.54) is 61.0 Å². The summed E-state index contributed by atoms with van der Waals surface area (Å²) < 4.78 is 0. The van der Waals surface area contributed by atoms with Crippen LogP contribution in [-0.4, -0.2) is 21.6 Å². The lowest BCUT2D eigenvalue weighted by Crippen LogP contribution is -2.32. The molecule has 4 atom stereocenters. The molecule has 2 nitrogen and oxygen atoms in total. The Hall–Kier alpha value is -5.55. The van der Waals surface area contributed by atoms with Crippen molar-refractivity contribution in [3.8, 4) is 11.1 Å². The molecule has 0 saturated heterocycles. The van der Waals surface area contributed by atoms with Gasteiger partial charge in [0, 0.05) is 44.4 Å². The number of allylic oxidation sites excluding steroid dienone is 9. The van der Waals surface area contributed by atoms with Crippen LogP contribution in [-0.2, 0) is 6.42 Å². The quantitative estimate of drug-likeness (QED) is 0.165. The zero-order valence-corrected chi connectivity index (χ0v) is 33.5. The summed E-state index contributed by atoms with van der Waals surface area (Å²) in [6.07, 6.45) is 25.9. The second-order valence-electron chi connectivity index (χ2n) is 16.2. The smallest absolute Gasteiger partial charge is 0.0837 e. The molecule has 0 radical (unpaired) electrons. The Balaban J connectivity index is 0.936. The van der Waals surface area contributed by atoms with Gasteiger partial charge in [-0.3, -0.25) is 0 Å². The Morgan fingerprint density at radius 3 is 2.55 bits per heavy atom. The molecule has 12 rings (SSSR count). The van der Waals surface area contributed by atoms with Crippen LogP contribution in [0, 0.1) is 0 Å². The average molecular weight is 755 g/mol. The van der Waals surface area contributed by atoms with E-state index in [-0.39, 0.29) is 6.04 Å². The van der Waals surface area contributed by atoms with E-state index >= 15 is 0 Å². The molecular weight excluding hydrogens is 713 g/mol. The number of benzene rings is 5. The van der Waals surface area contributed by atoms with E-state index in [4.69, 9.17) is 0 Å². The predicted molar refractivity (Wildman–Crippen MR) is 239 cm³/mol. The Bertz CT molecular complexity index is 2690. The van der Waals surface area contributed by atoms with Gasteiger partial charge >= 0.3 is 0 Å². The number of fused-ring (bicyclic) bond motifs is 9. The fourth-order valence-corrected chi connectivity index (χ4v) is 14.5. The van der Waals surface area contributed by atoms with Crippen molar-refractivity contribution >= 4 is 50.1 Å². The van der Waals surface area contributed by atoms with E-state index in [0.29, 0.717) is 17.9 Å². The number of thioether (sulfide) groups is 1. The number of aryl methyl sites for hydroxylation is 1. The zero-order chi connectivity index (χ0) is 36.7. The average Bonchev–Trinajstić information content (AvgIpc) is 3.93. The van der Waals surface area contributed by atoms with Gasteiger partial charge in [0.15, 0.2) is 0 Å². The van der Waals surface area contributed by atoms with Crippen LogP contribution < -0.4 is 9.80 Å². The summed E-state index contributed by atoms with van der Waals surface area (Å²) >= 11 is 2.04. The van der Waals surface area contributed by atoms with E-state index < -0.39 is 9.52 Å². The molecule has 7 aliphatic rings. The molecule has 5 aromatic carbocycles. The van der Waals surface area contributed by atoms with Crippen molar-refractivity contribution in [2.24, 2.45) is 0 Å². The molecule has 0 aromatic heterocycles. The van der Waals surface area contributed by atoms with Gasteiger partial charge in [0.25, 0.3) is 0 Å². The monoisotopic (exact) mass is 754 g/mol. The van der Waals surface area contributed by atoms with Crippen LogP contribution in [0.3, 0.4) is 0 Å².